The van der Waals surface area contributed by atoms with Crippen LogP contribution in [0.2, 0.25) is 0 Å². The lowest BCUT2D eigenvalue weighted by Gasteiger charge is -2.26. The molecule has 2 bridgehead atoms. The highest BCUT2D eigenvalue weighted by Crippen LogP contribution is 2.51. The van der Waals surface area contributed by atoms with Crippen molar-refractivity contribution in [2.75, 3.05) is 5.75 Å². The predicted molar refractivity (Wildman–Crippen MR) is 95.5 cm³/mol. The first-order chi connectivity index (χ1) is 12.2. The van der Waals surface area contributed by atoms with Crippen LogP contribution in [0, 0.1) is 17.8 Å². The van der Waals surface area contributed by atoms with Crippen molar-refractivity contribution in [1.82, 2.24) is 0 Å². The first kappa shape index (κ1) is 18.3. The molecule has 2 fully saturated rings. The quantitative estimate of drug-likeness (QED) is 0.587. The summed E-state index contributed by atoms with van der Waals surface area (Å²) >= 11 is 1.57. The average molecular weight is 382 g/mol. The molecule has 3 heterocycles. The van der Waals surface area contributed by atoms with Gasteiger partial charge in [0.2, 0.25) is 0 Å². The van der Waals surface area contributed by atoms with E-state index in [0.717, 1.165) is 5.75 Å². The Bertz CT molecular complexity index is 660. The first-order valence-corrected chi connectivity index (χ1v) is 10.4. The van der Waals surface area contributed by atoms with Crippen LogP contribution in [0.3, 0.4) is 0 Å². The van der Waals surface area contributed by atoms with Gasteiger partial charge < -0.3 is 19.3 Å². The van der Waals surface area contributed by atoms with Gasteiger partial charge in [0.25, 0.3) is 0 Å². The fourth-order valence-electron chi connectivity index (χ4n) is 4.44. The molecule has 4 aliphatic rings. The molecule has 7 heteroatoms. The minimum absolute atomic E-state index is 0.211. The SMILES string of the molecule is CC(C)CS[C@H]1C2=C[C@@H](OC2=O)[C@@H]2C(C)C(=O)O[C@H]2C[C@]2(C)O[C@H]2[C@@H]1O. The molecule has 8 atom stereocenters. The molecule has 26 heavy (non-hydrogen) atoms. The lowest BCUT2D eigenvalue weighted by molar-refractivity contribution is -0.144. The lowest BCUT2D eigenvalue weighted by atomic mass is 9.80. The molecule has 144 valence electrons. The molecular formula is C19H26O6S. The van der Waals surface area contributed by atoms with E-state index in [1.165, 1.54) is 0 Å². The highest BCUT2D eigenvalue weighted by Gasteiger charge is 2.63. The Morgan fingerprint density at radius 1 is 1.35 bits per heavy atom. The fourth-order valence-corrected chi connectivity index (χ4v) is 5.72. The van der Waals surface area contributed by atoms with Gasteiger partial charge in [-0.1, -0.05) is 20.8 Å². The summed E-state index contributed by atoms with van der Waals surface area (Å²) < 4.78 is 17.1. The molecule has 3 aliphatic heterocycles. The Balaban J connectivity index is 1.71. The highest BCUT2D eigenvalue weighted by atomic mass is 32.2. The monoisotopic (exact) mass is 382 g/mol. The Morgan fingerprint density at radius 2 is 2.08 bits per heavy atom. The van der Waals surface area contributed by atoms with Gasteiger partial charge >= 0.3 is 11.9 Å². The molecule has 0 aromatic rings. The van der Waals surface area contributed by atoms with Crippen LogP contribution < -0.4 is 0 Å². The zero-order valence-electron chi connectivity index (χ0n) is 15.5. The van der Waals surface area contributed by atoms with Gasteiger partial charge in [0, 0.05) is 12.3 Å². The molecular weight excluding hydrogens is 356 g/mol. The van der Waals surface area contributed by atoms with E-state index in [4.69, 9.17) is 14.2 Å². The summed E-state index contributed by atoms with van der Waals surface area (Å²) in [6, 6.07) is 0. The summed E-state index contributed by atoms with van der Waals surface area (Å²) in [7, 11) is 0. The number of aliphatic hydroxyl groups excluding tert-OH is 1. The van der Waals surface area contributed by atoms with Crippen LogP contribution in [-0.4, -0.2) is 58.1 Å². The Kier molecular flexibility index (Phi) is 4.40. The van der Waals surface area contributed by atoms with E-state index in [-0.39, 0.29) is 35.3 Å². The molecule has 6 nitrogen and oxygen atoms in total. The van der Waals surface area contributed by atoms with Crippen LogP contribution in [0.1, 0.15) is 34.1 Å². The van der Waals surface area contributed by atoms with Gasteiger partial charge in [-0.3, -0.25) is 4.79 Å². The van der Waals surface area contributed by atoms with E-state index < -0.39 is 23.8 Å². The number of rotatable bonds is 3. The molecule has 1 aliphatic carbocycles. The zero-order chi connectivity index (χ0) is 18.8. The number of hydrogen-bond donors (Lipinski definition) is 1. The van der Waals surface area contributed by atoms with Crippen LogP contribution in [-0.2, 0) is 23.8 Å². The second-order valence-electron chi connectivity index (χ2n) is 8.53. The zero-order valence-corrected chi connectivity index (χ0v) is 16.3. The van der Waals surface area contributed by atoms with Crippen molar-refractivity contribution >= 4 is 23.7 Å². The standard InChI is InChI=1S/C19H26O6S/c1-8(2)7-26-15-10-5-11(23-18(10)22)13-9(3)17(21)24-12(13)6-19(4)16(25-19)14(15)20/h5,8-9,11-16,20H,6-7H2,1-4H3/t9?,11-,12+,13+,14-,15+,16+,19+/m1/s1. The lowest BCUT2D eigenvalue weighted by Crippen LogP contribution is -2.38. The number of carbonyl (C=O) groups is 2. The summed E-state index contributed by atoms with van der Waals surface area (Å²) in [5, 5.41) is 10.6. The molecule has 0 aromatic heterocycles. The van der Waals surface area contributed by atoms with Crippen molar-refractivity contribution in [3.63, 3.8) is 0 Å². The van der Waals surface area contributed by atoms with Gasteiger partial charge in [-0.25, -0.2) is 4.79 Å². The topological polar surface area (TPSA) is 85.4 Å². The van der Waals surface area contributed by atoms with E-state index in [2.05, 4.69) is 13.8 Å². The number of ether oxygens (including phenoxy) is 3. The van der Waals surface area contributed by atoms with Gasteiger partial charge in [0.1, 0.15) is 18.3 Å². The minimum atomic E-state index is -0.799. The Labute approximate surface area is 157 Å². The minimum Gasteiger partial charge on any atom is -0.462 e. The van der Waals surface area contributed by atoms with Gasteiger partial charge in [-0.05, 0) is 24.7 Å². The number of esters is 2. The molecule has 0 saturated carbocycles. The number of epoxide rings is 1. The number of carbonyl (C=O) groups excluding carboxylic acids is 2. The van der Waals surface area contributed by atoms with E-state index in [1.54, 1.807) is 11.8 Å². The number of fused-ring (bicyclic) bond motifs is 4. The molecule has 1 N–H and O–H groups in total. The Hall–Kier alpha value is -1.05. The second kappa shape index (κ2) is 6.24. The second-order valence-corrected chi connectivity index (χ2v) is 9.70. The largest absolute Gasteiger partial charge is 0.462 e. The van der Waals surface area contributed by atoms with E-state index >= 15 is 0 Å². The highest BCUT2D eigenvalue weighted by molar-refractivity contribution is 8.00. The van der Waals surface area contributed by atoms with Crippen molar-refractivity contribution in [1.29, 1.82) is 0 Å². The maximum atomic E-state index is 12.6. The van der Waals surface area contributed by atoms with Crippen LogP contribution in [0.15, 0.2) is 11.6 Å². The van der Waals surface area contributed by atoms with Gasteiger partial charge in [-0.2, -0.15) is 11.8 Å². The van der Waals surface area contributed by atoms with E-state index in [1.807, 2.05) is 19.9 Å². The van der Waals surface area contributed by atoms with Crippen molar-refractivity contribution < 1.29 is 28.9 Å². The molecule has 2 saturated heterocycles. The van der Waals surface area contributed by atoms with Crippen LogP contribution in [0.5, 0.6) is 0 Å². The molecule has 1 unspecified atom stereocenters. The molecule has 0 amide bonds. The number of hydrogen-bond acceptors (Lipinski definition) is 7. The van der Waals surface area contributed by atoms with Crippen LogP contribution >= 0.6 is 11.8 Å². The normalized spacial score (nSPS) is 47.0. The molecule has 0 aromatic carbocycles. The third-order valence-electron chi connectivity index (χ3n) is 5.93. The van der Waals surface area contributed by atoms with Gasteiger partial charge in [-0.15, -0.1) is 0 Å². The Morgan fingerprint density at radius 3 is 2.77 bits per heavy atom. The molecule has 4 rings (SSSR count). The maximum Gasteiger partial charge on any atom is 0.335 e. The fraction of sp³-hybridized carbons (Fsp3) is 0.789. The van der Waals surface area contributed by atoms with Crippen molar-refractivity contribution in [3.8, 4) is 0 Å². The van der Waals surface area contributed by atoms with Crippen molar-refractivity contribution in [2.24, 2.45) is 17.8 Å². The van der Waals surface area contributed by atoms with E-state index in [0.29, 0.717) is 17.9 Å². The summed E-state index contributed by atoms with van der Waals surface area (Å²) in [5.41, 5.74) is -0.0397. The van der Waals surface area contributed by atoms with Crippen molar-refractivity contribution in [3.05, 3.63) is 11.6 Å². The van der Waals surface area contributed by atoms with Crippen LogP contribution in [0.4, 0.5) is 0 Å². The summed E-state index contributed by atoms with van der Waals surface area (Å²) in [6.07, 6.45) is 0.296. The third kappa shape index (κ3) is 2.88. The number of aliphatic hydroxyl groups is 1. The third-order valence-corrected chi connectivity index (χ3v) is 7.68. The molecule has 0 spiro atoms. The summed E-state index contributed by atoms with van der Waals surface area (Å²) in [5.74, 6) is 0.0593. The first-order valence-electron chi connectivity index (χ1n) is 9.32. The summed E-state index contributed by atoms with van der Waals surface area (Å²) in [6.45, 7) is 7.98. The van der Waals surface area contributed by atoms with Gasteiger partial charge in [0.05, 0.1) is 28.4 Å². The average Bonchev–Trinajstić information content (AvgIpc) is 2.95. The van der Waals surface area contributed by atoms with E-state index in [9.17, 15) is 14.7 Å². The van der Waals surface area contributed by atoms with Crippen LogP contribution in [0.25, 0.3) is 0 Å². The van der Waals surface area contributed by atoms with Crippen molar-refractivity contribution in [2.45, 2.75) is 69.4 Å². The smallest absolute Gasteiger partial charge is 0.335 e. The maximum absolute atomic E-state index is 12.6. The van der Waals surface area contributed by atoms with Gasteiger partial charge in [0.15, 0.2) is 0 Å². The summed E-state index contributed by atoms with van der Waals surface area (Å²) in [4.78, 5) is 24.7. The number of thioether (sulfide) groups is 1. The molecule has 0 radical (unpaired) electrons. The predicted octanol–water partition coefficient (Wildman–Crippen LogP) is 1.70.